The van der Waals surface area contributed by atoms with Crippen molar-refractivity contribution in [3.05, 3.63) is 70.4 Å². The van der Waals surface area contributed by atoms with Crippen LogP contribution in [0.3, 0.4) is 0 Å². The zero-order valence-electron chi connectivity index (χ0n) is 17.7. The molecular formula is C25H22ClN3O3. The van der Waals surface area contributed by atoms with Gasteiger partial charge in [-0.2, -0.15) is 0 Å². The Morgan fingerprint density at radius 3 is 2.72 bits per heavy atom. The molecule has 7 heteroatoms. The minimum atomic E-state index is -0.327. The molecule has 1 saturated heterocycles. The van der Waals surface area contributed by atoms with Crippen molar-refractivity contribution >= 4 is 29.1 Å². The Bertz CT molecular complexity index is 1210. The van der Waals surface area contributed by atoms with Gasteiger partial charge in [-0.25, -0.2) is 0 Å². The lowest BCUT2D eigenvalue weighted by Crippen LogP contribution is -2.35. The second-order valence-electron chi connectivity index (χ2n) is 7.48. The Balaban J connectivity index is 1.40. The first-order valence-electron chi connectivity index (χ1n) is 10.4. The van der Waals surface area contributed by atoms with Crippen molar-refractivity contribution < 1.29 is 14.1 Å². The fourth-order valence-electron chi connectivity index (χ4n) is 3.64. The van der Waals surface area contributed by atoms with E-state index in [1.165, 1.54) is 0 Å². The predicted octanol–water partition coefficient (Wildman–Crippen LogP) is 4.60. The number of hydrogen-bond acceptors (Lipinski definition) is 4. The highest BCUT2D eigenvalue weighted by Gasteiger charge is 2.22. The van der Waals surface area contributed by atoms with Gasteiger partial charge >= 0.3 is 0 Å². The van der Waals surface area contributed by atoms with E-state index in [4.69, 9.17) is 16.1 Å². The van der Waals surface area contributed by atoms with E-state index >= 15 is 0 Å². The van der Waals surface area contributed by atoms with Crippen LogP contribution in [0.2, 0.25) is 5.02 Å². The number of hydrogen-bond donors (Lipinski definition) is 1. The summed E-state index contributed by atoms with van der Waals surface area (Å²) >= 11 is 6.25. The fraction of sp³-hybridized carbons (Fsp3) is 0.240. The number of aryl methyl sites for hydroxylation is 1. The monoisotopic (exact) mass is 447 g/mol. The number of nitrogens with zero attached hydrogens (tertiary/aromatic N) is 2. The summed E-state index contributed by atoms with van der Waals surface area (Å²) < 4.78 is 5.24. The molecule has 2 heterocycles. The minimum absolute atomic E-state index is 0.164. The molecule has 4 rings (SSSR count). The SMILES string of the molecule is Cc1onc(-c2ccccc2Cl)c1C(=O)NCC#Cc1ccc(N2CCCCC2=O)cc1. The summed E-state index contributed by atoms with van der Waals surface area (Å²) in [6.07, 6.45) is 2.58. The van der Waals surface area contributed by atoms with Gasteiger partial charge in [-0.05, 0) is 50.1 Å². The molecule has 0 atom stereocenters. The summed E-state index contributed by atoms with van der Waals surface area (Å²) in [7, 11) is 0. The van der Waals surface area contributed by atoms with Crippen LogP contribution in [0.1, 0.15) is 40.9 Å². The average molecular weight is 448 g/mol. The third-order valence-electron chi connectivity index (χ3n) is 5.29. The number of benzene rings is 2. The predicted molar refractivity (Wildman–Crippen MR) is 124 cm³/mol. The molecular weight excluding hydrogens is 426 g/mol. The maximum Gasteiger partial charge on any atom is 0.257 e. The van der Waals surface area contributed by atoms with Crippen molar-refractivity contribution in [3.63, 3.8) is 0 Å². The van der Waals surface area contributed by atoms with Crippen LogP contribution in [-0.2, 0) is 4.79 Å². The van der Waals surface area contributed by atoms with E-state index in [1.807, 2.05) is 41.3 Å². The second kappa shape index (κ2) is 9.71. The first kappa shape index (κ1) is 21.7. The van der Waals surface area contributed by atoms with E-state index < -0.39 is 0 Å². The lowest BCUT2D eigenvalue weighted by atomic mass is 10.1. The highest BCUT2D eigenvalue weighted by molar-refractivity contribution is 6.33. The number of aromatic nitrogens is 1. The molecule has 1 aliphatic heterocycles. The van der Waals surface area contributed by atoms with Gasteiger partial charge in [-0.3, -0.25) is 9.59 Å². The molecule has 0 radical (unpaired) electrons. The molecule has 1 aliphatic rings. The number of rotatable bonds is 4. The van der Waals surface area contributed by atoms with Crippen molar-refractivity contribution in [2.45, 2.75) is 26.2 Å². The number of anilines is 1. The standard InChI is InChI=1S/C25H22ClN3O3/c1-17-23(24(28-32-17)20-8-2-3-9-21(20)26)25(31)27-15-6-7-18-11-13-19(14-12-18)29-16-5-4-10-22(29)30/h2-3,8-9,11-14H,4-5,10,15-16H2,1H3,(H,27,31). The van der Waals surface area contributed by atoms with E-state index in [0.29, 0.717) is 34.0 Å². The lowest BCUT2D eigenvalue weighted by Gasteiger charge is -2.26. The molecule has 1 aromatic heterocycles. The van der Waals surface area contributed by atoms with Crippen molar-refractivity contribution in [3.8, 4) is 23.1 Å². The Morgan fingerprint density at radius 1 is 1.19 bits per heavy atom. The van der Waals surface area contributed by atoms with E-state index in [1.54, 1.807) is 19.1 Å². The topological polar surface area (TPSA) is 75.4 Å². The van der Waals surface area contributed by atoms with Crippen molar-refractivity contribution in [1.82, 2.24) is 10.5 Å². The van der Waals surface area contributed by atoms with Crippen LogP contribution >= 0.6 is 11.6 Å². The number of piperidine rings is 1. The zero-order chi connectivity index (χ0) is 22.5. The van der Waals surface area contributed by atoms with Crippen molar-refractivity contribution in [2.24, 2.45) is 0 Å². The number of amides is 2. The summed E-state index contributed by atoms with van der Waals surface area (Å²) in [6, 6.07) is 14.7. The maximum atomic E-state index is 12.7. The molecule has 3 aromatic rings. The molecule has 162 valence electrons. The third kappa shape index (κ3) is 4.68. The van der Waals surface area contributed by atoms with Gasteiger partial charge in [-0.15, -0.1) is 0 Å². The van der Waals surface area contributed by atoms with Crippen LogP contribution in [0.5, 0.6) is 0 Å². The first-order chi connectivity index (χ1) is 15.5. The number of halogens is 1. The number of nitrogens with one attached hydrogen (secondary N) is 1. The van der Waals surface area contributed by atoms with Crippen molar-refractivity contribution in [2.75, 3.05) is 18.0 Å². The van der Waals surface area contributed by atoms with Crippen LogP contribution < -0.4 is 10.2 Å². The van der Waals surface area contributed by atoms with E-state index in [-0.39, 0.29) is 18.4 Å². The largest absolute Gasteiger partial charge is 0.360 e. The Morgan fingerprint density at radius 2 is 1.97 bits per heavy atom. The molecule has 2 aromatic carbocycles. The van der Waals surface area contributed by atoms with E-state index in [0.717, 1.165) is 30.6 Å². The molecule has 6 nitrogen and oxygen atoms in total. The molecule has 0 aliphatic carbocycles. The van der Waals surface area contributed by atoms with Crippen LogP contribution in [-0.4, -0.2) is 30.1 Å². The Hall–Kier alpha value is -3.56. The highest BCUT2D eigenvalue weighted by Crippen LogP contribution is 2.30. The summed E-state index contributed by atoms with van der Waals surface area (Å²) in [6.45, 7) is 2.61. The molecule has 32 heavy (non-hydrogen) atoms. The highest BCUT2D eigenvalue weighted by atomic mass is 35.5. The molecule has 2 amide bonds. The molecule has 1 N–H and O–H groups in total. The molecule has 1 fully saturated rings. The number of carbonyl (C=O) groups is 2. The Labute approximate surface area is 191 Å². The van der Waals surface area contributed by atoms with Gasteiger partial charge in [0.15, 0.2) is 0 Å². The van der Waals surface area contributed by atoms with E-state index in [2.05, 4.69) is 22.3 Å². The van der Waals surface area contributed by atoms with E-state index in [9.17, 15) is 9.59 Å². The summed E-state index contributed by atoms with van der Waals surface area (Å²) in [5.74, 6) is 6.23. The summed E-state index contributed by atoms with van der Waals surface area (Å²) in [4.78, 5) is 26.6. The van der Waals surface area contributed by atoms with Crippen molar-refractivity contribution in [1.29, 1.82) is 0 Å². The van der Waals surface area contributed by atoms with Gasteiger partial charge < -0.3 is 14.7 Å². The fourth-order valence-corrected chi connectivity index (χ4v) is 3.86. The molecule has 0 unspecified atom stereocenters. The normalized spacial score (nSPS) is 13.4. The number of carbonyl (C=O) groups excluding carboxylic acids is 2. The molecule has 0 saturated carbocycles. The van der Waals surface area contributed by atoms with Crippen LogP contribution in [0.25, 0.3) is 11.3 Å². The quantitative estimate of drug-likeness (QED) is 0.593. The first-order valence-corrected chi connectivity index (χ1v) is 10.8. The summed E-state index contributed by atoms with van der Waals surface area (Å²) in [5, 5.41) is 7.29. The van der Waals surface area contributed by atoms with Gasteiger partial charge in [0.25, 0.3) is 5.91 Å². The summed E-state index contributed by atoms with van der Waals surface area (Å²) in [5.41, 5.74) is 3.08. The zero-order valence-corrected chi connectivity index (χ0v) is 18.4. The van der Waals surface area contributed by atoms with Gasteiger partial charge in [0, 0.05) is 29.8 Å². The van der Waals surface area contributed by atoms with Gasteiger partial charge in [0.2, 0.25) is 5.91 Å². The molecule has 0 bridgehead atoms. The minimum Gasteiger partial charge on any atom is -0.360 e. The van der Waals surface area contributed by atoms with Crippen LogP contribution in [0.4, 0.5) is 5.69 Å². The molecule has 0 spiro atoms. The lowest BCUT2D eigenvalue weighted by molar-refractivity contribution is -0.119. The van der Waals surface area contributed by atoms with Gasteiger partial charge in [-0.1, -0.05) is 46.8 Å². The maximum absolute atomic E-state index is 12.7. The van der Waals surface area contributed by atoms with Gasteiger partial charge in [0.1, 0.15) is 17.0 Å². The smallest absolute Gasteiger partial charge is 0.257 e. The van der Waals surface area contributed by atoms with Gasteiger partial charge in [0.05, 0.1) is 11.6 Å². The second-order valence-corrected chi connectivity index (χ2v) is 7.88. The third-order valence-corrected chi connectivity index (χ3v) is 5.62. The van der Waals surface area contributed by atoms with Crippen LogP contribution in [0, 0.1) is 18.8 Å². The Kier molecular flexibility index (Phi) is 6.58. The van der Waals surface area contributed by atoms with Crippen LogP contribution in [0.15, 0.2) is 53.1 Å². The average Bonchev–Trinajstić information content (AvgIpc) is 3.19.